The molecule has 0 rings (SSSR count). The van der Waals surface area contributed by atoms with Gasteiger partial charge in [0.15, 0.2) is 0 Å². The van der Waals surface area contributed by atoms with Crippen LogP contribution in [0.25, 0.3) is 0 Å². The molecule has 90 valence electrons. The first kappa shape index (κ1) is 14.4. The number of rotatable bonds is 10. The zero-order valence-electron chi connectivity index (χ0n) is 9.97. The summed E-state index contributed by atoms with van der Waals surface area (Å²) in [5.41, 5.74) is 0. The largest absolute Gasteiger partial charge is 0.381 e. The van der Waals surface area contributed by atoms with Crippen molar-refractivity contribution in [1.29, 1.82) is 0 Å². The second-order valence-corrected chi connectivity index (χ2v) is 3.42. The topological polar surface area (TPSA) is 50.4 Å². The van der Waals surface area contributed by atoms with E-state index < -0.39 is 0 Å². The van der Waals surface area contributed by atoms with Crippen LogP contribution < -0.4 is 10.6 Å². The summed E-state index contributed by atoms with van der Waals surface area (Å²) in [5, 5.41) is 6.07. The van der Waals surface area contributed by atoms with E-state index in [9.17, 15) is 4.79 Å². The normalized spacial score (nSPS) is 10.3. The van der Waals surface area contributed by atoms with Gasteiger partial charge in [-0.1, -0.05) is 13.8 Å². The molecule has 0 aromatic carbocycles. The third-order valence-corrected chi connectivity index (χ3v) is 1.92. The molecule has 0 radical (unpaired) electrons. The fourth-order valence-corrected chi connectivity index (χ4v) is 1.12. The van der Waals surface area contributed by atoms with E-state index in [0.29, 0.717) is 13.0 Å². The Labute approximate surface area is 92.8 Å². The highest BCUT2D eigenvalue weighted by Gasteiger charge is 1.99. The molecule has 1 amide bonds. The maximum atomic E-state index is 11.2. The van der Waals surface area contributed by atoms with Gasteiger partial charge in [0.05, 0.1) is 6.61 Å². The summed E-state index contributed by atoms with van der Waals surface area (Å²) in [6.07, 6.45) is 2.46. The monoisotopic (exact) mass is 216 g/mol. The highest BCUT2D eigenvalue weighted by Crippen LogP contribution is 1.86. The molecule has 0 aromatic rings. The minimum atomic E-state index is 0.0857. The van der Waals surface area contributed by atoms with Crippen LogP contribution in [0.5, 0.6) is 0 Å². The van der Waals surface area contributed by atoms with Crippen LogP contribution >= 0.6 is 0 Å². The molecule has 4 heteroatoms. The quantitative estimate of drug-likeness (QED) is 0.534. The second kappa shape index (κ2) is 11.5. The van der Waals surface area contributed by atoms with Crippen molar-refractivity contribution >= 4 is 5.91 Å². The number of carbonyl (C=O) groups is 1. The van der Waals surface area contributed by atoms with Crippen molar-refractivity contribution in [2.75, 3.05) is 32.8 Å². The molecule has 0 unspecified atom stereocenters. The molecule has 0 heterocycles. The van der Waals surface area contributed by atoms with Crippen LogP contribution in [0.2, 0.25) is 0 Å². The Hall–Kier alpha value is -0.610. The van der Waals surface area contributed by atoms with Crippen molar-refractivity contribution in [3.05, 3.63) is 0 Å². The first-order valence-corrected chi connectivity index (χ1v) is 5.86. The zero-order valence-corrected chi connectivity index (χ0v) is 9.97. The summed E-state index contributed by atoms with van der Waals surface area (Å²) in [5.74, 6) is 0.0857. The number of ether oxygens (including phenoxy) is 1. The van der Waals surface area contributed by atoms with Crippen molar-refractivity contribution < 1.29 is 9.53 Å². The highest BCUT2D eigenvalue weighted by molar-refractivity contribution is 5.75. The lowest BCUT2D eigenvalue weighted by atomic mass is 10.3. The minimum Gasteiger partial charge on any atom is -0.381 e. The number of amides is 1. The fourth-order valence-electron chi connectivity index (χ4n) is 1.12. The SMILES string of the molecule is CCCOCCC(=O)NCCCNCC. The Morgan fingerprint density at radius 1 is 1.20 bits per heavy atom. The second-order valence-electron chi connectivity index (χ2n) is 3.42. The summed E-state index contributed by atoms with van der Waals surface area (Å²) in [6, 6.07) is 0. The number of hydrogen-bond donors (Lipinski definition) is 2. The van der Waals surface area contributed by atoms with E-state index >= 15 is 0 Å². The van der Waals surface area contributed by atoms with Crippen LogP contribution in [-0.4, -0.2) is 38.8 Å². The van der Waals surface area contributed by atoms with Gasteiger partial charge in [-0.2, -0.15) is 0 Å². The minimum absolute atomic E-state index is 0.0857. The van der Waals surface area contributed by atoms with Gasteiger partial charge in [-0.05, 0) is 25.9 Å². The van der Waals surface area contributed by atoms with Gasteiger partial charge in [0.1, 0.15) is 0 Å². The van der Waals surface area contributed by atoms with Crippen molar-refractivity contribution in [2.45, 2.75) is 33.1 Å². The Kier molecular flexibility index (Phi) is 11.0. The van der Waals surface area contributed by atoms with E-state index in [4.69, 9.17) is 4.74 Å². The first-order chi connectivity index (χ1) is 7.31. The molecule has 0 spiro atoms. The molecule has 0 bridgehead atoms. The first-order valence-electron chi connectivity index (χ1n) is 5.86. The molecule has 0 atom stereocenters. The number of carbonyl (C=O) groups excluding carboxylic acids is 1. The molecular formula is C11H24N2O2. The maximum Gasteiger partial charge on any atom is 0.222 e. The van der Waals surface area contributed by atoms with Gasteiger partial charge in [0, 0.05) is 19.6 Å². The van der Waals surface area contributed by atoms with Crippen LogP contribution in [0, 0.1) is 0 Å². The van der Waals surface area contributed by atoms with Crippen molar-refractivity contribution in [3.63, 3.8) is 0 Å². The van der Waals surface area contributed by atoms with Crippen LogP contribution in [0.3, 0.4) is 0 Å². The van der Waals surface area contributed by atoms with Crippen LogP contribution in [0.15, 0.2) is 0 Å². The van der Waals surface area contributed by atoms with Crippen LogP contribution in [-0.2, 0) is 9.53 Å². The third kappa shape index (κ3) is 11.3. The molecule has 0 fully saturated rings. The molecule has 0 aromatic heterocycles. The molecule has 15 heavy (non-hydrogen) atoms. The van der Waals surface area contributed by atoms with Gasteiger partial charge in [0.25, 0.3) is 0 Å². The standard InChI is InChI=1S/C11H24N2O2/c1-3-9-15-10-6-11(14)13-8-5-7-12-4-2/h12H,3-10H2,1-2H3,(H,13,14). The molecule has 0 aliphatic heterocycles. The van der Waals surface area contributed by atoms with Crippen molar-refractivity contribution in [2.24, 2.45) is 0 Å². The zero-order chi connectivity index (χ0) is 11.4. The summed E-state index contributed by atoms with van der Waals surface area (Å²) in [4.78, 5) is 11.2. The number of hydrogen-bond acceptors (Lipinski definition) is 3. The Balaban J connectivity index is 3.11. The van der Waals surface area contributed by atoms with E-state index in [-0.39, 0.29) is 5.91 Å². The molecule has 2 N–H and O–H groups in total. The molecule has 0 aliphatic rings. The lowest BCUT2D eigenvalue weighted by Gasteiger charge is -2.05. The van der Waals surface area contributed by atoms with Crippen LogP contribution in [0.4, 0.5) is 0 Å². The van der Waals surface area contributed by atoms with Gasteiger partial charge < -0.3 is 15.4 Å². The average Bonchev–Trinajstić information content (AvgIpc) is 2.24. The fraction of sp³-hybridized carbons (Fsp3) is 0.909. The van der Waals surface area contributed by atoms with E-state index in [1.807, 2.05) is 0 Å². The Morgan fingerprint density at radius 3 is 2.67 bits per heavy atom. The molecule has 4 nitrogen and oxygen atoms in total. The van der Waals surface area contributed by atoms with Gasteiger partial charge >= 0.3 is 0 Å². The lowest BCUT2D eigenvalue weighted by molar-refractivity contribution is -0.122. The summed E-state index contributed by atoms with van der Waals surface area (Å²) in [6.45, 7) is 8.10. The highest BCUT2D eigenvalue weighted by atomic mass is 16.5. The predicted molar refractivity (Wildman–Crippen MR) is 61.9 cm³/mol. The molecular weight excluding hydrogens is 192 g/mol. The van der Waals surface area contributed by atoms with Gasteiger partial charge in [-0.15, -0.1) is 0 Å². The predicted octanol–water partition coefficient (Wildman–Crippen LogP) is 0.919. The Bertz CT molecular complexity index is 152. The van der Waals surface area contributed by atoms with E-state index in [1.54, 1.807) is 0 Å². The van der Waals surface area contributed by atoms with Gasteiger partial charge in [-0.25, -0.2) is 0 Å². The third-order valence-electron chi connectivity index (χ3n) is 1.92. The van der Waals surface area contributed by atoms with E-state index in [0.717, 1.165) is 39.1 Å². The van der Waals surface area contributed by atoms with E-state index in [1.165, 1.54) is 0 Å². The summed E-state index contributed by atoms with van der Waals surface area (Å²) < 4.78 is 5.23. The van der Waals surface area contributed by atoms with Gasteiger partial charge in [0.2, 0.25) is 5.91 Å². The smallest absolute Gasteiger partial charge is 0.222 e. The molecule has 0 aliphatic carbocycles. The van der Waals surface area contributed by atoms with Crippen LogP contribution in [0.1, 0.15) is 33.1 Å². The van der Waals surface area contributed by atoms with Gasteiger partial charge in [-0.3, -0.25) is 4.79 Å². The number of nitrogens with one attached hydrogen (secondary N) is 2. The molecule has 0 saturated carbocycles. The Morgan fingerprint density at radius 2 is 2.00 bits per heavy atom. The van der Waals surface area contributed by atoms with Crippen molar-refractivity contribution in [1.82, 2.24) is 10.6 Å². The lowest BCUT2D eigenvalue weighted by Crippen LogP contribution is -2.28. The summed E-state index contributed by atoms with van der Waals surface area (Å²) in [7, 11) is 0. The summed E-state index contributed by atoms with van der Waals surface area (Å²) >= 11 is 0. The average molecular weight is 216 g/mol. The van der Waals surface area contributed by atoms with Crippen molar-refractivity contribution in [3.8, 4) is 0 Å². The van der Waals surface area contributed by atoms with E-state index in [2.05, 4.69) is 24.5 Å². The molecule has 0 saturated heterocycles. The maximum absolute atomic E-state index is 11.2.